The summed E-state index contributed by atoms with van der Waals surface area (Å²) in [4.78, 5) is 24.3. The normalized spacial score (nSPS) is 12.1. The lowest BCUT2D eigenvalue weighted by Gasteiger charge is -2.14. The molecule has 4 heteroatoms. The summed E-state index contributed by atoms with van der Waals surface area (Å²) in [5.41, 5.74) is 3.41. The maximum absolute atomic E-state index is 12.2. The minimum atomic E-state index is -0.363. The van der Waals surface area contributed by atoms with Crippen molar-refractivity contribution >= 4 is 11.9 Å². The van der Waals surface area contributed by atoms with Gasteiger partial charge in [-0.15, -0.1) is 0 Å². The number of carbonyl (C=O) groups is 2. The van der Waals surface area contributed by atoms with Gasteiger partial charge >= 0.3 is 11.9 Å². The summed E-state index contributed by atoms with van der Waals surface area (Å²) in [6.07, 6.45) is 0.111. The van der Waals surface area contributed by atoms with E-state index >= 15 is 0 Å². The van der Waals surface area contributed by atoms with Crippen molar-refractivity contribution in [2.45, 2.75) is 59.0 Å². The molecule has 0 saturated heterocycles. The highest BCUT2D eigenvalue weighted by atomic mass is 16.6. The standard InChI is InChI=1S/C24H30O4/c1-16(2)19-6-10-21(11-7-19)23(25)27-15-14-18(5)28-24(26)22-12-8-20(9-13-22)17(3)4/h6-13,16-18H,14-15H2,1-5H3. The van der Waals surface area contributed by atoms with Crippen molar-refractivity contribution in [3.05, 3.63) is 70.8 Å². The molecule has 0 saturated carbocycles. The van der Waals surface area contributed by atoms with Crippen molar-refractivity contribution < 1.29 is 19.1 Å². The van der Waals surface area contributed by atoms with Gasteiger partial charge in [-0.3, -0.25) is 0 Å². The minimum Gasteiger partial charge on any atom is -0.462 e. The van der Waals surface area contributed by atoms with E-state index in [4.69, 9.17) is 9.47 Å². The van der Waals surface area contributed by atoms with E-state index in [9.17, 15) is 9.59 Å². The quantitative estimate of drug-likeness (QED) is 0.548. The van der Waals surface area contributed by atoms with Crippen LogP contribution in [0.1, 0.15) is 84.7 Å². The number of carbonyl (C=O) groups excluding carboxylic acids is 2. The highest BCUT2D eigenvalue weighted by Gasteiger charge is 2.14. The zero-order valence-electron chi connectivity index (χ0n) is 17.4. The van der Waals surface area contributed by atoms with Crippen LogP contribution in [-0.4, -0.2) is 24.6 Å². The van der Waals surface area contributed by atoms with Gasteiger partial charge in [0, 0.05) is 6.42 Å². The Morgan fingerprint density at radius 3 is 1.57 bits per heavy atom. The predicted octanol–water partition coefficient (Wildman–Crippen LogP) is 5.73. The third-order valence-electron chi connectivity index (χ3n) is 4.69. The second-order valence-corrected chi connectivity index (χ2v) is 7.69. The molecule has 4 nitrogen and oxygen atoms in total. The fraction of sp³-hybridized carbons (Fsp3) is 0.417. The van der Waals surface area contributed by atoms with Crippen LogP contribution in [0.2, 0.25) is 0 Å². The minimum absolute atomic E-state index is 0.200. The third kappa shape index (κ3) is 6.22. The Morgan fingerprint density at radius 1 is 0.714 bits per heavy atom. The van der Waals surface area contributed by atoms with Crippen LogP contribution in [0, 0.1) is 0 Å². The van der Waals surface area contributed by atoms with Crippen LogP contribution in [0.4, 0.5) is 0 Å². The summed E-state index contributed by atoms with van der Waals surface area (Å²) in [6.45, 7) is 10.4. The maximum atomic E-state index is 12.2. The molecule has 0 amide bonds. The van der Waals surface area contributed by atoms with Crippen LogP contribution < -0.4 is 0 Å². The fourth-order valence-corrected chi connectivity index (χ4v) is 2.72. The summed E-state index contributed by atoms with van der Waals surface area (Å²) in [7, 11) is 0. The van der Waals surface area contributed by atoms with Crippen LogP contribution in [0.5, 0.6) is 0 Å². The van der Waals surface area contributed by atoms with Crippen molar-refractivity contribution in [2.24, 2.45) is 0 Å². The predicted molar refractivity (Wildman–Crippen MR) is 111 cm³/mol. The SMILES string of the molecule is CC(CCOC(=O)c1ccc(C(C)C)cc1)OC(=O)c1ccc(C(C)C)cc1. The first kappa shape index (κ1) is 21.7. The summed E-state index contributed by atoms with van der Waals surface area (Å²) < 4.78 is 10.7. The zero-order chi connectivity index (χ0) is 20.7. The molecule has 2 aromatic rings. The second-order valence-electron chi connectivity index (χ2n) is 7.69. The summed E-state index contributed by atoms with van der Waals surface area (Å²) >= 11 is 0. The lowest BCUT2D eigenvalue weighted by molar-refractivity contribution is 0.0228. The number of hydrogen-bond acceptors (Lipinski definition) is 4. The van der Waals surface area contributed by atoms with Gasteiger partial charge in [0.15, 0.2) is 0 Å². The lowest BCUT2D eigenvalue weighted by Crippen LogP contribution is -2.18. The molecule has 1 atom stereocenters. The van der Waals surface area contributed by atoms with Gasteiger partial charge in [0.1, 0.15) is 6.10 Å². The average molecular weight is 383 g/mol. The van der Waals surface area contributed by atoms with Gasteiger partial charge in [0.05, 0.1) is 17.7 Å². The highest BCUT2D eigenvalue weighted by molar-refractivity contribution is 5.90. The first-order valence-electron chi connectivity index (χ1n) is 9.86. The van der Waals surface area contributed by atoms with E-state index in [0.717, 1.165) is 0 Å². The van der Waals surface area contributed by atoms with E-state index < -0.39 is 0 Å². The van der Waals surface area contributed by atoms with Crippen molar-refractivity contribution in [1.29, 1.82) is 0 Å². The maximum Gasteiger partial charge on any atom is 0.338 e. The largest absolute Gasteiger partial charge is 0.462 e. The van der Waals surface area contributed by atoms with Crippen molar-refractivity contribution in [2.75, 3.05) is 6.61 Å². The molecule has 0 bridgehead atoms. The monoisotopic (exact) mass is 382 g/mol. The third-order valence-corrected chi connectivity index (χ3v) is 4.69. The van der Waals surface area contributed by atoms with E-state index in [1.54, 1.807) is 31.2 Å². The lowest BCUT2D eigenvalue weighted by atomic mass is 10.0. The van der Waals surface area contributed by atoms with Crippen molar-refractivity contribution in [3.8, 4) is 0 Å². The van der Waals surface area contributed by atoms with Crippen molar-refractivity contribution in [3.63, 3.8) is 0 Å². The number of benzene rings is 2. The van der Waals surface area contributed by atoms with Crippen LogP contribution in [-0.2, 0) is 9.47 Å². The zero-order valence-corrected chi connectivity index (χ0v) is 17.4. The molecular weight excluding hydrogens is 352 g/mol. The van der Waals surface area contributed by atoms with Crippen LogP contribution in [0.15, 0.2) is 48.5 Å². The van der Waals surface area contributed by atoms with Gasteiger partial charge < -0.3 is 9.47 Å². The molecule has 0 aromatic heterocycles. The molecule has 0 heterocycles. The van der Waals surface area contributed by atoms with Gasteiger partial charge in [-0.2, -0.15) is 0 Å². The van der Waals surface area contributed by atoms with E-state index in [1.807, 2.05) is 24.3 Å². The molecule has 0 aliphatic carbocycles. The molecule has 28 heavy (non-hydrogen) atoms. The Bertz CT molecular complexity index is 773. The number of hydrogen-bond donors (Lipinski definition) is 0. The van der Waals surface area contributed by atoms with Crippen LogP contribution >= 0.6 is 0 Å². The summed E-state index contributed by atoms with van der Waals surface area (Å²) in [5.74, 6) is 0.110. The molecule has 0 aliphatic heterocycles. The topological polar surface area (TPSA) is 52.6 Å². The van der Waals surface area contributed by atoms with Crippen molar-refractivity contribution in [1.82, 2.24) is 0 Å². The Hall–Kier alpha value is -2.62. The van der Waals surface area contributed by atoms with E-state index in [-0.39, 0.29) is 24.6 Å². The van der Waals surface area contributed by atoms with Crippen LogP contribution in [0.25, 0.3) is 0 Å². The van der Waals surface area contributed by atoms with Gasteiger partial charge in [-0.25, -0.2) is 9.59 Å². The average Bonchev–Trinajstić information content (AvgIpc) is 2.67. The van der Waals surface area contributed by atoms with Gasteiger partial charge in [0.25, 0.3) is 0 Å². The van der Waals surface area contributed by atoms with Crippen LogP contribution in [0.3, 0.4) is 0 Å². The van der Waals surface area contributed by atoms with Gasteiger partial charge in [-0.05, 0) is 54.2 Å². The molecule has 2 rings (SSSR count). The molecule has 0 spiro atoms. The number of ether oxygens (including phenoxy) is 2. The van der Waals surface area contributed by atoms with E-state index in [1.165, 1.54) is 11.1 Å². The first-order valence-corrected chi connectivity index (χ1v) is 9.86. The Morgan fingerprint density at radius 2 is 1.14 bits per heavy atom. The number of esters is 2. The van der Waals surface area contributed by atoms with E-state index in [0.29, 0.717) is 29.4 Å². The number of rotatable bonds is 8. The smallest absolute Gasteiger partial charge is 0.338 e. The van der Waals surface area contributed by atoms with Gasteiger partial charge in [-0.1, -0.05) is 52.0 Å². The molecular formula is C24H30O4. The summed E-state index contributed by atoms with van der Waals surface area (Å²) in [6, 6.07) is 14.9. The fourth-order valence-electron chi connectivity index (χ4n) is 2.72. The molecule has 2 aromatic carbocycles. The molecule has 0 fully saturated rings. The second kappa shape index (κ2) is 10.1. The molecule has 1 unspecified atom stereocenters. The molecule has 0 radical (unpaired) electrons. The highest BCUT2D eigenvalue weighted by Crippen LogP contribution is 2.17. The molecule has 0 N–H and O–H groups in total. The molecule has 150 valence electrons. The Balaban J connectivity index is 1.77. The Labute approximate surface area is 167 Å². The summed E-state index contributed by atoms with van der Waals surface area (Å²) in [5, 5.41) is 0. The van der Waals surface area contributed by atoms with E-state index in [2.05, 4.69) is 27.7 Å². The van der Waals surface area contributed by atoms with Gasteiger partial charge in [0.2, 0.25) is 0 Å². The molecule has 0 aliphatic rings. The first-order chi connectivity index (χ1) is 13.3. The Kier molecular flexibility index (Phi) is 7.80.